The van der Waals surface area contributed by atoms with Crippen LogP contribution in [0.5, 0.6) is 17.2 Å². The van der Waals surface area contributed by atoms with E-state index < -0.39 is 44.1 Å². The lowest BCUT2D eigenvalue weighted by molar-refractivity contribution is -0.150. The van der Waals surface area contributed by atoms with Crippen molar-refractivity contribution in [1.29, 1.82) is 0 Å². The summed E-state index contributed by atoms with van der Waals surface area (Å²) < 4.78 is 45.3. The van der Waals surface area contributed by atoms with E-state index in [-0.39, 0.29) is 19.4 Å². The highest BCUT2D eigenvalue weighted by molar-refractivity contribution is 7.47. The molecule has 3 unspecified atom stereocenters. The molecule has 45 heavy (non-hydrogen) atoms. The maximum absolute atomic E-state index is 12.6. The number of para-hydroxylation sites is 2. The molecule has 0 radical (unpaired) electrons. The number of phosphoric ester groups is 1. The van der Waals surface area contributed by atoms with Gasteiger partial charge in [-0.3, -0.25) is 18.6 Å². The van der Waals surface area contributed by atoms with Gasteiger partial charge in [0.15, 0.2) is 0 Å². The fourth-order valence-electron chi connectivity index (χ4n) is 4.22. The molecule has 5 atom stereocenters. The number of carbonyl (C=O) groups is 2. The number of benzene rings is 3. The average molecular weight is 646 g/mol. The third-order valence-electron chi connectivity index (χ3n) is 6.73. The Balaban J connectivity index is 1.51. The molecule has 0 aromatic heterocycles. The van der Waals surface area contributed by atoms with E-state index in [1.54, 1.807) is 6.92 Å². The number of methoxy groups -OCH3 is 1. The van der Waals surface area contributed by atoms with Crippen molar-refractivity contribution in [3.8, 4) is 17.2 Å². The number of aryl methyl sites for hydroxylation is 1. The molecule has 0 heterocycles. The number of phosphoric acid groups is 1. The second-order valence-corrected chi connectivity index (χ2v) is 11.5. The molecule has 0 fully saturated rings. The lowest BCUT2D eigenvalue weighted by Gasteiger charge is -2.28. The van der Waals surface area contributed by atoms with E-state index in [2.05, 4.69) is 0 Å². The predicted octanol–water partition coefficient (Wildman–Crippen LogP) is 5.26. The topological polar surface area (TPSA) is 173 Å². The molecule has 13 heteroatoms. The summed E-state index contributed by atoms with van der Waals surface area (Å²) in [5.74, 6) is 0.137. The van der Waals surface area contributed by atoms with Crippen LogP contribution in [-0.4, -0.2) is 60.0 Å². The Labute approximate surface area is 262 Å². The van der Waals surface area contributed by atoms with Crippen molar-refractivity contribution in [2.24, 2.45) is 5.73 Å². The summed E-state index contributed by atoms with van der Waals surface area (Å²) in [5.41, 5.74) is 7.17. The number of ether oxygens (including phenoxy) is 4. The largest absolute Gasteiger partial charge is 0.489 e. The molecular weight excluding hydrogens is 605 g/mol. The van der Waals surface area contributed by atoms with Gasteiger partial charge in [-0.05, 0) is 61.2 Å². The number of hydrogen-bond acceptors (Lipinski definition) is 10. The zero-order chi connectivity index (χ0) is 32.8. The Morgan fingerprint density at radius 3 is 2.31 bits per heavy atom. The number of nitrogens with two attached hydrogens (primary N) is 1. The highest BCUT2D eigenvalue weighted by atomic mass is 31.2. The molecule has 0 aliphatic rings. The molecule has 0 saturated carbocycles. The number of aliphatic carboxylic acids is 1. The number of carboxylic acids is 1. The van der Waals surface area contributed by atoms with Crippen molar-refractivity contribution in [3.63, 3.8) is 0 Å². The monoisotopic (exact) mass is 645 g/mol. The third kappa shape index (κ3) is 11.9. The van der Waals surface area contributed by atoms with Gasteiger partial charge >= 0.3 is 19.8 Å². The minimum atomic E-state index is -4.72. The maximum Gasteiger partial charge on any atom is 0.472 e. The molecule has 0 aliphatic heterocycles. The van der Waals surface area contributed by atoms with Crippen LogP contribution in [-0.2, 0) is 45.7 Å². The van der Waals surface area contributed by atoms with Crippen molar-refractivity contribution < 1.29 is 52.1 Å². The minimum absolute atomic E-state index is 0.0427. The van der Waals surface area contributed by atoms with Crippen LogP contribution in [0.1, 0.15) is 37.8 Å². The van der Waals surface area contributed by atoms with Gasteiger partial charge in [-0.15, -0.1) is 0 Å². The summed E-state index contributed by atoms with van der Waals surface area (Å²) in [5, 5.41) is 8.99. The quantitative estimate of drug-likeness (QED) is 0.114. The summed E-state index contributed by atoms with van der Waals surface area (Å²) in [7, 11) is -3.38. The van der Waals surface area contributed by atoms with E-state index in [9.17, 15) is 19.0 Å². The van der Waals surface area contributed by atoms with Crippen molar-refractivity contribution in [2.75, 3.05) is 13.7 Å². The van der Waals surface area contributed by atoms with Crippen molar-refractivity contribution in [2.45, 2.75) is 64.1 Å². The molecule has 12 nitrogen and oxygen atoms in total. The Hall–Kier alpha value is -3.77. The van der Waals surface area contributed by atoms with E-state index in [1.165, 1.54) is 14.0 Å². The van der Waals surface area contributed by atoms with Crippen molar-refractivity contribution in [3.05, 3.63) is 90.0 Å². The van der Waals surface area contributed by atoms with E-state index in [1.807, 2.05) is 78.9 Å². The smallest absolute Gasteiger partial charge is 0.472 e. The fourth-order valence-corrected chi connectivity index (χ4v) is 5.45. The number of rotatable bonds is 19. The number of esters is 1. The first-order valence-corrected chi connectivity index (χ1v) is 15.9. The second kappa shape index (κ2) is 17.6. The third-order valence-corrected chi connectivity index (χ3v) is 7.87. The van der Waals surface area contributed by atoms with Crippen LogP contribution in [0.3, 0.4) is 0 Å². The summed E-state index contributed by atoms with van der Waals surface area (Å²) >= 11 is 0. The van der Waals surface area contributed by atoms with Crippen LogP contribution < -0.4 is 15.2 Å². The highest BCUT2D eigenvalue weighted by Crippen LogP contribution is 2.47. The summed E-state index contributed by atoms with van der Waals surface area (Å²) in [6, 6.07) is 22.9. The molecule has 0 spiro atoms. The Kier molecular flexibility index (Phi) is 14.0. The normalized spacial score (nSPS) is 15.2. The van der Waals surface area contributed by atoms with Crippen molar-refractivity contribution in [1.82, 2.24) is 0 Å². The second-order valence-electron chi connectivity index (χ2n) is 10.1. The van der Waals surface area contributed by atoms with Crippen LogP contribution in [0.25, 0.3) is 0 Å². The first-order valence-electron chi connectivity index (χ1n) is 14.4. The van der Waals surface area contributed by atoms with E-state index in [0.29, 0.717) is 24.5 Å². The Morgan fingerprint density at radius 1 is 0.933 bits per heavy atom. The SMILES string of the molecule is CCC(OP(=O)(O)O[C@@H](C)[C@H](N)C(=O)O)C(COC(=O)CCc1ccccc1OCc1cccc(Oc2ccccc2)c1)OC. The van der Waals surface area contributed by atoms with E-state index in [0.717, 1.165) is 16.9 Å². The van der Waals surface area contributed by atoms with Gasteiger partial charge in [0.2, 0.25) is 0 Å². The molecule has 3 aromatic rings. The number of hydrogen-bond donors (Lipinski definition) is 3. The molecule has 0 bridgehead atoms. The summed E-state index contributed by atoms with van der Waals surface area (Å²) in [4.78, 5) is 33.8. The predicted molar refractivity (Wildman–Crippen MR) is 165 cm³/mol. The molecule has 4 N–H and O–H groups in total. The van der Waals surface area contributed by atoms with Crippen LogP contribution in [0.15, 0.2) is 78.9 Å². The zero-order valence-corrected chi connectivity index (χ0v) is 26.3. The Bertz CT molecular complexity index is 1420. The van der Waals surface area contributed by atoms with Gasteiger partial charge in [-0.1, -0.05) is 55.5 Å². The maximum atomic E-state index is 12.6. The van der Waals surface area contributed by atoms with Crippen LogP contribution in [0.4, 0.5) is 0 Å². The van der Waals surface area contributed by atoms with Crippen LogP contribution in [0, 0.1) is 0 Å². The lowest BCUT2D eigenvalue weighted by atomic mass is 10.1. The zero-order valence-electron chi connectivity index (χ0n) is 25.4. The molecule has 3 rings (SSSR count). The average Bonchev–Trinajstić information content (AvgIpc) is 3.02. The van der Waals surface area contributed by atoms with Crippen LogP contribution in [0.2, 0.25) is 0 Å². The Morgan fingerprint density at radius 2 is 1.62 bits per heavy atom. The van der Waals surface area contributed by atoms with Crippen molar-refractivity contribution >= 4 is 19.8 Å². The number of carboxylic acid groups (broad SMARTS) is 1. The van der Waals surface area contributed by atoms with Gasteiger partial charge in [-0.25, -0.2) is 4.57 Å². The summed E-state index contributed by atoms with van der Waals surface area (Å²) in [6.07, 6.45) is -2.61. The van der Waals surface area contributed by atoms with Gasteiger partial charge in [0.25, 0.3) is 0 Å². The van der Waals surface area contributed by atoms with Gasteiger partial charge in [0.05, 0.1) is 12.2 Å². The van der Waals surface area contributed by atoms with E-state index in [4.69, 9.17) is 38.8 Å². The minimum Gasteiger partial charge on any atom is -0.489 e. The molecule has 0 amide bonds. The summed E-state index contributed by atoms with van der Waals surface area (Å²) in [6.45, 7) is 2.96. The first-order chi connectivity index (χ1) is 21.5. The van der Waals surface area contributed by atoms with Crippen LogP contribution >= 0.6 is 7.82 Å². The number of carbonyl (C=O) groups excluding carboxylic acids is 1. The standard InChI is InChI=1S/C32H40NO11P/c1-4-27(44-45(37,38)43-22(2)31(33)32(35)36)29(39-3)21-41-30(34)18-17-24-12-8-9-16-28(24)40-20-23-11-10-15-26(19-23)42-25-13-6-5-7-14-25/h5-16,19,22,27,29,31H,4,17-18,20-21,33H2,1-3H3,(H,35,36)(H,37,38)/t22-,27?,29?,31-/m0/s1. The molecule has 0 saturated heterocycles. The molecule has 244 valence electrons. The van der Waals surface area contributed by atoms with Gasteiger partial charge in [0.1, 0.15) is 42.6 Å². The lowest BCUT2D eigenvalue weighted by Crippen LogP contribution is -2.41. The highest BCUT2D eigenvalue weighted by Gasteiger charge is 2.35. The van der Waals surface area contributed by atoms with Gasteiger partial charge < -0.3 is 34.7 Å². The molecule has 0 aliphatic carbocycles. The molecular formula is C32H40NO11P. The van der Waals surface area contributed by atoms with Gasteiger partial charge in [0, 0.05) is 13.5 Å². The van der Waals surface area contributed by atoms with E-state index >= 15 is 0 Å². The van der Waals surface area contributed by atoms with Gasteiger partial charge in [-0.2, -0.15) is 0 Å². The fraction of sp³-hybridized carbons (Fsp3) is 0.375. The molecule has 3 aromatic carbocycles. The first kappa shape index (κ1) is 35.7.